The molecule has 7 aliphatic rings. The third-order valence-corrected chi connectivity index (χ3v) is 10.3. The summed E-state index contributed by atoms with van der Waals surface area (Å²) in [6.45, 7) is 4.87. The lowest BCUT2D eigenvalue weighted by Gasteiger charge is -2.56. The van der Waals surface area contributed by atoms with E-state index in [0.29, 0.717) is 42.3 Å². The van der Waals surface area contributed by atoms with Crippen molar-refractivity contribution in [3.05, 3.63) is 23.3 Å². The first kappa shape index (κ1) is 15.5. The van der Waals surface area contributed by atoms with Gasteiger partial charge in [-0.3, -0.25) is 9.59 Å². The quantitative estimate of drug-likeness (QED) is 0.477. The van der Waals surface area contributed by atoms with Gasteiger partial charge in [0, 0.05) is 29.6 Å². The standard InChI is InChI=1S/C24H28O3/c1-22-6-3-12(25)9-17(22)13-10-14(13)20-16(22)4-7-23(2)21(20)15-11-18(15)24(23)8-5-19(26)27-24/h4,9,13-15,18,20-21H,3,5-8,10-11H2,1-2H3/t13?,14?,15?,18?,20?,21?,22-,23+,24+/m1/s1. The Kier molecular flexibility index (Phi) is 2.46. The smallest absolute Gasteiger partial charge is 0.306 e. The minimum absolute atomic E-state index is 0.0354. The number of hydrogen-bond donors (Lipinski definition) is 0. The van der Waals surface area contributed by atoms with Crippen LogP contribution in [0, 0.1) is 46.3 Å². The molecule has 6 aliphatic carbocycles. The maximum Gasteiger partial charge on any atom is 0.306 e. The van der Waals surface area contributed by atoms with E-state index in [2.05, 4.69) is 19.9 Å². The fourth-order valence-corrected chi connectivity index (χ4v) is 9.01. The summed E-state index contributed by atoms with van der Waals surface area (Å²) in [6.07, 6.45) is 11.4. The molecule has 0 radical (unpaired) electrons. The molecule has 5 fully saturated rings. The molecule has 4 saturated carbocycles. The molecule has 7 rings (SSSR count). The van der Waals surface area contributed by atoms with Crippen LogP contribution in [0.4, 0.5) is 0 Å². The summed E-state index contributed by atoms with van der Waals surface area (Å²) in [5.74, 6) is 4.47. The van der Waals surface area contributed by atoms with E-state index < -0.39 is 0 Å². The van der Waals surface area contributed by atoms with Crippen LogP contribution < -0.4 is 0 Å². The van der Waals surface area contributed by atoms with E-state index in [1.165, 1.54) is 18.4 Å². The van der Waals surface area contributed by atoms with Gasteiger partial charge in [0.2, 0.25) is 0 Å². The van der Waals surface area contributed by atoms with Gasteiger partial charge in [-0.25, -0.2) is 0 Å². The molecular formula is C24H28O3. The number of carbonyl (C=O) groups excluding carboxylic acids is 2. The van der Waals surface area contributed by atoms with Gasteiger partial charge in [0.05, 0.1) is 0 Å². The maximum absolute atomic E-state index is 12.1. The first-order valence-corrected chi connectivity index (χ1v) is 11.1. The zero-order valence-electron chi connectivity index (χ0n) is 16.3. The largest absolute Gasteiger partial charge is 0.458 e. The van der Waals surface area contributed by atoms with Crippen molar-refractivity contribution in [2.45, 2.75) is 64.4 Å². The maximum atomic E-state index is 12.1. The molecule has 27 heavy (non-hydrogen) atoms. The van der Waals surface area contributed by atoms with Gasteiger partial charge in [-0.05, 0) is 67.8 Å². The molecule has 1 saturated heterocycles. The van der Waals surface area contributed by atoms with Crippen molar-refractivity contribution in [3.8, 4) is 0 Å². The molecule has 0 aromatic heterocycles. The van der Waals surface area contributed by atoms with Crippen LogP contribution in [-0.4, -0.2) is 17.4 Å². The van der Waals surface area contributed by atoms with Crippen LogP contribution in [0.2, 0.25) is 0 Å². The molecule has 0 amide bonds. The molecule has 1 heterocycles. The van der Waals surface area contributed by atoms with Crippen molar-refractivity contribution in [1.82, 2.24) is 0 Å². The van der Waals surface area contributed by atoms with E-state index in [0.717, 1.165) is 31.1 Å². The molecular weight excluding hydrogens is 336 g/mol. The average molecular weight is 364 g/mol. The molecule has 0 N–H and O–H groups in total. The number of ether oxygens (including phenoxy) is 1. The summed E-state index contributed by atoms with van der Waals surface area (Å²) < 4.78 is 6.19. The van der Waals surface area contributed by atoms with Gasteiger partial charge >= 0.3 is 5.97 Å². The van der Waals surface area contributed by atoms with Gasteiger partial charge in [-0.1, -0.05) is 31.1 Å². The van der Waals surface area contributed by atoms with E-state index in [1.54, 1.807) is 5.57 Å². The monoisotopic (exact) mass is 364 g/mol. The van der Waals surface area contributed by atoms with E-state index in [-0.39, 0.29) is 22.4 Å². The Hall–Kier alpha value is -1.38. The van der Waals surface area contributed by atoms with Crippen molar-refractivity contribution in [2.24, 2.45) is 46.3 Å². The number of esters is 1. The van der Waals surface area contributed by atoms with Crippen molar-refractivity contribution in [3.63, 3.8) is 0 Å². The number of rotatable bonds is 0. The minimum Gasteiger partial charge on any atom is -0.458 e. The number of fused-ring (bicyclic) bond motifs is 12. The summed E-state index contributed by atoms with van der Waals surface area (Å²) >= 11 is 0. The summed E-state index contributed by atoms with van der Waals surface area (Å²) in [7, 11) is 0. The molecule has 0 bridgehead atoms. The highest BCUT2D eigenvalue weighted by molar-refractivity contribution is 5.92. The van der Waals surface area contributed by atoms with E-state index in [1.807, 2.05) is 6.08 Å². The van der Waals surface area contributed by atoms with Gasteiger partial charge in [0.15, 0.2) is 5.78 Å². The highest BCUT2D eigenvalue weighted by atomic mass is 16.6. The normalized spacial score (nSPS) is 59.0. The third-order valence-electron chi connectivity index (χ3n) is 10.3. The second-order valence-electron chi connectivity index (χ2n) is 11.1. The Bertz CT molecular complexity index is 882. The Balaban J connectivity index is 1.38. The predicted octanol–water partition coefficient (Wildman–Crippen LogP) is 4.23. The van der Waals surface area contributed by atoms with Crippen LogP contribution in [0.5, 0.6) is 0 Å². The molecule has 1 spiro atoms. The van der Waals surface area contributed by atoms with Crippen molar-refractivity contribution in [2.75, 3.05) is 0 Å². The summed E-state index contributed by atoms with van der Waals surface area (Å²) in [6, 6.07) is 0. The Morgan fingerprint density at radius 2 is 1.89 bits per heavy atom. The first-order valence-electron chi connectivity index (χ1n) is 11.1. The van der Waals surface area contributed by atoms with Crippen LogP contribution in [-0.2, 0) is 14.3 Å². The molecule has 6 unspecified atom stereocenters. The number of allylic oxidation sites excluding steroid dienone is 4. The number of hydrogen-bond acceptors (Lipinski definition) is 3. The minimum atomic E-state index is -0.175. The van der Waals surface area contributed by atoms with Gasteiger partial charge in [-0.15, -0.1) is 0 Å². The van der Waals surface area contributed by atoms with Crippen LogP contribution in [0.25, 0.3) is 0 Å². The molecule has 0 aromatic carbocycles. The summed E-state index contributed by atoms with van der Waals surface area (Å²) in [5, 5.41) is 0. The Labute approximate surface area is 160 Å². The molecule has 3 heteroatoms. The topological polar surface area (TPSA) is 43.4 Å². The highest BCUT2D eigenvalue weighted by Crippen LogP contribution is 2.81. The molecule has 3 nitrogen and oxygen atoms in total. The van der Waals surface area contributed by atoms with Crippen LogP contribution in [0.3, 0.4) is 0 Å². The first-order chi connectivity index (χ1) is 12.9. The van der Waals surface area contributed by atoms with Crippen molar-refractivity contribution < 1.29 is 14.3 Å². The third kappa shape index (κ3) is 1.53. The van der Waals surface area contributed by atoms with Crippen LogP contribution in [0.15, 0.2) is 23.3 Å². The second-order valence-corrected chi connectivity index (χ2v) is 11.1. The van der Waals surface area contributed by atoms with Gasteiger partial charge < -0.3 is 4.74 Å². The van der Waals surface area contributed by atoms with E-state index in [9.17, 15) is 9.59 Å². The average Bonchev–Trinajstić information content (AvgIpc) is 3.53. The zero-order valence-corrected chi connectivity index (χ0v) is 16.3. The molecule has 0 aromatic rings. The van der Waals surface area contributed by atoms with Crippen molar-refractivity contribution >= 4 is 11.8 Å². The van der Waals surface area contributed by atoms with Crippen LogP contribution in [0.1, 0.15) is 58.8 Å². The fraction of sp³-hybridized carbons (Fsp3) is 0.750. The highest BCUT2D eigenvalue weighted by Gasteiger charge is 2.80. The SMILES string of the molecule is C[C@]12CCC(=O)C=C1C1CC1C1C2=CC[C@@]2(C)C1C1CC1[C@@]21CCC(=O)O1. The lowest BCUT2D eigenvalue weighted by Crippen LogP contribution is -2.53. The molecule has 1 aliphatic heterocycles. The molecule has 142 valence electrons. The Morgan fingerprint density at radius 1 is 1.04 bits per heavy atom. The van der Waals surface area contributed by atoms with E-state index >= 15 is 0 Å². The number of ketones is 1. The summed E-state index contributed by atoms with van der Waals surface area (Å²) in [4.78, 5) is 24.3. The predicted molar refractivity (Wildman–Crippen MR) is 99.5 cm³/mol. The second kappa shape index (κ2) is 4.28. The summed E-state index contributed by atoms with van der Waals surface area (Å²) in [5.41, 5.74) is 3.18. The Morgan fingerprint density at radius 3 is 2.67 bits per heavy atom. The number of carbonyl (C=O) groups is 2. The van der Waals surface area contributed by atoms with Gasteiger partial charge in [0.25, 0.3) is 0 Å². The fourth-order valence-electron chi connectivity index (χ4n) is 9.01. The van der Waals surface area contributed by atoms with Crippen LogP contribution >= 0.6 is 0 Å². The van der Waals surface area contributed by atoms with Gasteiger partial charge in [0.1, 0.15) is 5.60 Å². The lowest BCUT2D eigenvalue weighted by atomic mass is 9.49. The van der Waals surface area contributed by atoms with Crippen molar-refractivity contribution in [1.29, 1.82) is 0 Å². The zero-order chi connectivity index (χ0) is 18.3. The molecule has 9 atom stereocenters. The van der Waals surface area contributed by atoms with E-state index in [4.69, 9.17) is 4.74 Å². The lowest BCUT2D eigenvalue weighted by molar-refractivity contribution is -0.166. The van der Waals surface area contributed by atoms with Gasteiger partial charge in [-0.2, -0.15) is 0 Å².